The molecule has 1 aromatic rings. The fourth-order valence-electron chi connectivity index (χ4n) is 2.69. The van der Waals surface area contributed by atoms with Crippen molar-refractivity contribution in [2.24, 2.45) is 0 Å². The molecule has 0 spiro atoms. The highest BCUT2D eigenvalue weighted by Crippen LogP contribution is 2.11. The van der Waals surface area contributed by atoms with E-state index < -0.39 is 0 Å². The van der Waals surface area contributed by atoms with E-state index in [9.17, 15) is 5.11 Å². The average molecular weight is 293 g/mol. The van der Waals surface area contributed by atoms with Crippen LogP contribution in [-0.4, -0.2) is 68.5 Å². The van der Waals surface area contributed by atoms with Crippen LogP contribution in [0.25, 0.3) is 0 Å². The van der Waals surface area contributed by atoms with Gasteiger partial charge in [-0.25, -0.2) is 0 Å². The zero-order valence-corrected chi connectivity index (χ0v) is 13.3. The number of rotatable bonds is 5. The van der Waals surface area contributed by atoms with Gasteiger partial charge in [0.05, 0.1) is 12.6 Å². The number of nitrogens with zero attached hydrogens (tertiary/aromatic N) is 5. The number of β-amino-alcohol motifs (C(OH)–C–C–N with tert-alkyl or cyclic N) is 1. The van der Waals surface area contributed by atoms with E-state index in [4.69, 9.17) is 0 Å². The van der Waals surface area contributed by atoms with Crippen LogP contribution in [-0.2, 0) is 6.54 Å². The summed E-state index contributed by atoms with van der Waals surface area (Å²) in [5.41, 5.74) is 0. The van der Waals surface area contributed by atoms with Gasteiger partial charge >= 0.3 is 0 Å². The van der Waals surface area contributed by atoms with Crippen LogP contribution in [0.15, 0.2) is 18.5 Å². The van der Waals surface area contributed by atoms with Gasteiger partial charge in [0, 0.05) is 38.8 Å². The number of hydrogen-bond donors (Lipinski definition) is 1. The number of aliphatic hydroxyl groups excluding tert-OH is 1. The molecule has 1 saturated heterocycles. The van der Waals surface area contributed by atoms with E-state index in [0.29, 0.717) is 12.6 Å². The molecule has 1 atom stereocenters. The maximum Gasteiger partial charge on any atom is 0.147 e. The average Bonchev–Trinajstić information content (AvgIpc) is 2.82. The zero-order valence-electron chi connectivity index (χ0n) is 13.3. The first-order chi connectivity index (χ1) is 10.1. The number of aliphatic hydroxyl groups is 1. The van der Waals surface area contributed by atoms with E-state index in [-0.39, 0.29) is 6.10 Å². The summed E-state index contributed by atoms with van der Waals surface area (Å²) in [7, 11) is 0. The molecule has 2 heterocycles. The Morgan fingerprint density at radius 1 is 1.33 bits per heavy atom. The van der Waals surface area contributed by atoms with Crippen molar-refractivity contribution in [3.05, 3.63) is 24.3 Å². The molecule has 1 fully saturated rings. The van der Waals surface area contributed by atoms with Gasteiger partial charge in [-0.05, 0) is 20.8 Å². The quantitative estimate of drug-likeness (QED) is 0.818. The Labute approximate surface area is 127 Å². The van der Waals surface area contributed by atoms with Crippen LogP contribution in [0.3, 0.4) is 0 Å². The van der Waals surface area contributed by atoms with Crippen molar-refractivity contribution >= 4 is 0 Å². The predicted octanol–water partition coefficient (Wildman–Crippen LogP) is 0.914. The minimum absolute atomic E-state index is 0.312. The topological polar surface area (TPSA) is 57.4 Å². The molecule has 0 bridgehead atoms. The molecule has 1 aliphatic heterocycles. The van der Waals surface area contributed by atoms with Crippen LogP contribution in [0.1, 0.15) is 32.6 Å². The fourth-order valence-corrected chi connectivity index (χ4v) is 2.69. The van der Waals surface area contributed by atoms with Gasteiger partial charge in [0.15, 0.2) is 0 Å². The van der Waals surface area contributed by atoms with Crippen molar-refractivity contribution in [1.82, 2.24) is 24.6 Å². The van der Waals surface area contributed by atoms with E-state index in [1.165, 1.54) is 0 Å². The molecule has 1 aliphatic rings. The summed E-state index contributed by atoms with van der Waals surface area (Å²) >= 11 is 0. The summed E-state index contributed by atoms with van der Waals surface area (Å²) in [6.07, 6.45) is 5.66. The maximum absolute atomic E-state index is 10.2. The van der Waals surface area contributed by atoms with Gasteiger partial charge in [-0.15, -0.1) is 10.2 Å². The van der Waals surface area contributed by atoms with Crippen molar-refractivity contribution in [1.29, 1.82) is 0 Å². The first-order valence-electron chi connectivity index (χ1n) is 7.72. The molecule has 6 heteroatoms. The van der Waals surface area contributed by atoms with Gasteiger partial charge in [-0.2, -0.15) is 0 Å². The van der Waals surface area contributed by atoms with Crippen LogP contribution in [0.2, 0.25) is 0 Å². The van der Waals surface area contributed by atoms with Crippen molar-refractivity contribution in [3.63, 3.8) is 0 Å². The maximum atomic E-state index is 10.2. The molecule has 0 unspecified atom stereocenters. The fraction of sp³-hybridized carbons (Fsp3) is 0.733. The molecule has 2 rings (SSSR count). The molecule has 1 aromatic heterocycles. The van der Waals surface area contributed by atoms with Crippen LogP contribution in [0.4, 0.5) is 0 Å². The molecular formula is C15H27N5O. The Bertz CT molecular complexity index is 457. The summed E-state index contributed by atoms with van der Waals surface area (Å²) in [4.78, 5) is 4.56. The molecule has 21 heavy (non-hydrogen) atoms. The lowest BCUT2D eigenvalue weighted by Gasteiger charge is -2.21. The molecule has 0 amide bonds. The van der Waals surface area contributed by atoms with Gasteiger partial charge < -0.3 is 9.67 Å². The Morgan fingerprint density at radius 2 is 2.05 bits per heavy atom. The molecular weight excluding hydrogens is 266 g/mol. The highest BCUT2D eigenvalue weighted by molar-refractivity contribution is 4.90. The van der Waals surface area contributed by atoms with Crippen molar-refractivity contribution < 1.29 is 5.11 Å². The molecule has 0 aromatic carbocycles. The molecule has 0 aliphatic carbocycles. The first kappa shape index (κ1) is 16.1. The third kappa shape index (κ3) is 4.62. The van der Waals surface area contributed by atoms with Gasteiger partial charge in [-0.3, -0.25) is 9.80 Å². The summed E-state index contributed by atoms with van der Waals surface area (Å²) in [6.45, 7) is 11.3. The van der Waals surface area contributed by atoms with E-state index in [1.54, 1.807) is 6.33 Å². The van der Waals surface area contributed by atoms with E-state index in [0.717, 1.165) is 38.5 Å². The zero-order chi connectivity index (χ0) is 15.2. The van der Waals surface area contributed by atoms with Gasteiger partial charge in [-0.1, -0.05) is 12.2 Å². The smallest absolute Gasteiger partial charge is 0.147 e. The second-order valence-corrected chi connectivity index (χ2v) is 5.97. The van der Waals surface area contributed by atoms with E-state index in [1.807, 2.05) is 6.92 Å². The monoisotopic (exact) mass is 293 g/mol. The normalized spacial score (nSPS) is 22.2. The second kappa shape index (κ2) is 7.68. The second-order valence-electron chi connectivity index (χ2n) is 5.97. The molecule has 0 saturated carbocycles. The van der Waals surface area contributed by atoms with E-state index >= 15 is 0 Å². The summed E-state index contributed by atoms with van der Waals surface area (Å²) in [6, 6.07) is 0.359. The van der Waals surface area contributed by atoms with Crippen LogP contribution in [0.5, 0.6) is 0 Å². The standard InChI is InChI=1S/C15H27N5O/c1-4-5-6-18-7-8-19(10-14(21)9-18)11-15-17-16-12-20(15)13(2)3/h4-5,12-14,21H,6-11H2,1-3H3/b5-4+/t14-/m1/s1. The highest BCUT2D eigenvalue weighted by Gasteiger charge is 2.22. The third-order valence-electron chi connectivity index (χ3n) is 3.84. The van der Waals surface area contributed by atoms with Gasteiger partial charge in [0.25, 0.3) is 0 Å². The number of allylic oxidation sites excluding steroid dienone is 1. The molecule has 118 valence electrons. The van der Waals surface area contributed by atoms with E-state index in [2.05, 4.69) is 50.6 Å². The van der Waals surface area contributed by atoms with Gasteiger partial charge in [0.2, 0.25) is 0 Å². The minimum Gasteiger partial charge on any atom is -0.390 e. The Hall–Kier alpha value is -1.24. The predicted molar refractivity (Wildman–Crippen MR) is 82.9 cm³/mol. The largest absolute Gasteiger partial charge is 0.390 e. The summed E-state index contributed by atoms with van der Waals surface area (Å²) < 4.78 is 2.09. The minimum atomic E-state index is -0.312. The lowest BCUT2D eigenvalue weighted by molar-refractivity contribution is 0.109. The SMILES string of the molecule is C/C=C/CN1CCN(Cc2nncn2C(C)C)C[C@H](O)C1. The number of hydrogen-bond acceptors (Lipinski definition) is 5. The molecule has 1 N–H and O–H groups in total. The van der Waals surface area contributed by atoms with Crippen LogP contribution in [0, 0.1) is 0 Å². The highest BCUT2D eigenvalue weighted by atomic mass is 16.3. The lowest BCUT2D eigenvalue weighted by atomic mass is 10.3. The van der Waals surface area contributed by atoms with Crippen LogP contribution < -0.4 is 0 Å². The first-order valence-corrected chi connectivity index (χ1v) is 7.72. The Morgan fingerprint density at radius 3 is 2.76 bits per heavy atom. The Balaban J connectivity index is 1.96. The summed E-state index contributed by atoms with van der Waals surface area (Å²) in [5, 5.41) is 18.4. The van der Waals surface area contributed by atoms with Gasteiger partial charge in [0.1, 0.15) is 12.2 Å². The van der Waals surface area contributed by atoms with Crippen molar-refractivity contribution in [2.75, 3.05) is 32.7 Å². The molecule has 6 nitrogen and oxygen atoms in total. The third-order valence-corrected chi connectivity index (χ3v) is 3.84. The number of aromatic nitrogens is 3. The Kier molecular flexibility index (Phi) is 5.90. The lowest BCUT2D eigenvalue weighted by Crippen LogP contribution is -2.33. The van der Waals surface area contributed by atoms with Crippen molar-refractivity contribution in [3.8, 4) is 0 Å². The van der Waals surface area contributed by atoms with Crippen LogP contribution >= 0.6 is 0 Å². The molecule has 0 radical (unpaired) electrons. The summed E-state index contributed by atoms with van der Waals surface area (Å²) in [5.74, 6) is 0.971. The van der Waals surface area contributed by atoms with Crippen molar-refractivity contribution in [2.45, 2.75) is 39.5 Å².